The summed E-state index contributed by atoms with van der Waals surface area (Å²) < 4.78 is 2.12. The van der Waals surface area contributed by atoms with Crippen LogP contribution in [0.3, 0.4) is 0 Å². The van der Waals surface area contributed by atoms with E-state index in [2.05, 4.69) is 21.0 Å². The summed E-state index contributed by atoms with van der Waals surface area (Å²) in [6, 6.07) is 1.59. The lowest BCUT2D eigenvalue weighted by Crippen LogP contribution is -2.00. The molecule has 0 atom stereocenters. The maximum atomic E-state index is 10.7. The number of halogens is 1. The summed E-state index contributed by atoms with van der Waals surface area (Å²) >= 11 is 3.20. The molecular formula is C8H5BrN2O3. The Morgan fingerprint density at radius 2 is 2.29 bits per heavy atom. The van der Waals surface area contributed by atoms with E-state index in [0.717, 1.165) is 10.7 Å². The van der Waals surface area contributed by atoms with Gasteiger partial charge in [0.05, 0.1) is 6.20 Å². The van der Waals surface area contributed by atoms with E-state index in [1.54, 1.807) is 12.3 Å². The molecule has 0 fully saturated rings. The van der Waals surface area contributed by atoms with Gasteiger partial charge in [0, 0.05) is 10.7 Å². The van der Waals surface area contributed by atoms with Gasteiger partial charge in [0.15, 0.2) is 5.75 Å². The Morgan fingerprint density at radius 3 is 2.93 bits per heavy atom. The number of carbonyl (C=O) groups is 1. The molecule has 2 heterocycles. The van der Waals surface area contributed by atoms with Crippen LogP contribution in [0.4, 0.5) is 0 Å². The first-order valence-corrected chi connectivity index (χ1v) is 4.48. The molecule has 0 bridgehead atoms. The lowest BCUT2D eigenvalue weighted by Gasteiger charge is -2.00. The molecule has 0 aliphatic heterocycles. The number of aromatic nitrogens is 2. The van der Waals surface area contributed by atoms with Crippen molar-refractivity contribution in [1.82, 2.24) is 9.61 Å². The molecule has 6 heteroatoms. The predicted octanol–water partition coefficient (Wildman–Crippen LogP) is 1.50. The molecule has 2 aromatic rings. The van der Waals surface area contributed by atoms with E-state index in [-0.39, 0.29) is 11.3 Å². The second-order valence-corrected chi connectivity index (χ2v) is 3.62. The van der Waals surface area contributed by atoms with Crippen molar-refractivity contribution in [3.05, 3.63) is 28.5 Å². The van der Waals surface area contributed by atoms with Gasteiger partial charge in [-0.2, -0.15) is 5.10 Å². The molecular weight excluding hydrogens is 252 g/mol. The molecule has 0 aliphatic rings. The number of aromatic carboxylic acids is 1. The Kier molecular flexibility index (Phi) is 1.92. The van der Waals surface area contributed by atoms with Crippen LogP contribution in [0.2, 0.25) is 0 Å². The van der Waals surface area contributed by atoms with E-state index in [4.69, 9.17) is 5.11 Å². The number of carboxylic acids is 1. The van der Waals surface area contributed by atoms with Crippen LogP contribution < -0.4 is 0 Å². The molecule has 14 heavy (non-hydrogen) atoms. The van der Waals surface area contributed by atoms with Crippen molar-refractivity contribution < 1.29 is 15.0 Å². The predicted molar refractivity (Wildman–Crippen MR) is 51.5 cm³/mol. The third-order valence-electron chi connectivity index (χ3n) is 1.81. The molecule has 2 rings (SSSR count). The van der Waals surface area contributed by atoms with Gasteiger partial charge >= 0.3 is 5.97 Å². The fraction of sp³-hybridized carbons (Fsp3) is 0. The van der Waals surface area contributed by atoms with Crippen molar-refractivity contribution >= 4 is 27.4 Å². The zero-order valence-electron chi connectivity index (χ0n) is 6.81. The largest absolute Gasteiger partial charge is 0.505 e. The first-order chi connectivity index (χ1) is 6.59. The van der Waals surface area contributed by atoms with E-state index < -0.39 is 5.97 Å². The third-order valence-corrected chi connectivity index (χ3v) is 2.24. The molecule has 0 aromatic carbocycles. The number of nitrogens with zero attached hydrogens (tertiary/aromatic N) is 2. The van der Waals surface area contributed by atoms with Crippen LogP contribution in [0.1, 0.15) is 10.4 Å². The van der Waals surface area contributed by atoms with E-state index >= 15 is 0 Å². The van der Waals surface area contributed by atoms with Gasteiger partial charge in [0.1, 0.15) is 11.1 Å². The second-order valence-electron chi connectivity index (χ2n) is 2.70. The van der Waals surface area contributed by atoms with Gasteiger partial charge in [-0.15, -0.1) is 0 Å². The lowest BCUT2D eigenvalue weighted by atomic mass is 10.2. The Balaban J connectivity index is 2.80. The minimum absolute atomic E-state index is 0.205. The van der Waals surface area contributed by atoms with Gasteiger partial charge in [0.25, 0.3) is 0 Å². The Labute approximate surface area is 86.7 Å². The smallest absolute Gasteiger partial charge is 0.341 e. The molecule has 0 saturated heterocycles. The minimum atomic E-state index is -1.20. The summed E-state index contributed by atoms with van der Waals surface area (Å²) in [6.07, 6.45) is 2.73. The summed E-state index contributed by atoms with van der Waals surface area (Å²) in [5, 5.41) is 22.1. The summed E-state index contributed by atoms with van der Waals surface area (Å²) in [6.45, 7) is 0. The van der Waals surface area contributed by atoms with Crippen LogP contribution >= 0.6 is 15.9 Å². The highest BCUT2D eigenvalue weighted by Gasteiger charge is 2.14. The number of fused-ring (bicyclic) bond motifs is 1. The van der Waals surface area contributed by atoms with Gasteiger partial charge in [-0.3, -0.25) is 0 Å². The highest BCUT2D eigenvalue weighted by Crippen LogP contribution is 2.25. The fourth-order valence-electron chi connectivity index (χ4n) is 1.17. The van der Waals surface area contributed by atoms with Crippen LogP contribution in [0, 0.1) is 0 Å². The Bertz CT molecular complexity index is 521. The van der Waals surface area contributed by atoms with E-state index in [1.165, 1.54) is 4.52 Å². The first-order valence-electron chi connectivity index (χ1n) is 3.69. The minimum Gasteiger partial charge on any atom is -0.505 e. The van der Waals surface area contributed by atoms with Gasteiger partial charge < -0.3 is 10.2 Å². The molecule has 2 aromatic heterocycles. The van der Waals surface area contributed by atoms with Crippen molar-refractivity contribution in [3.8, 4) is 5.75 Å². The SMILES string of the molecule is O=C(O)c1cnn2cc(Br)cc2c1O. The van der Waals surface area contributed by atoms with Gasteiger partial charge in [0.2, 0.25) is 0 Å². The Morgan fingerprint density at radius 1 is 1.57 bits per heavy atom. The molecule has 72 valence electrons. The number of rotatable bonds is 1. The maximum absolute atomic E-state index is 10.7. The van der Waals surface area contributed by atoms with Crippen LogP contribution in [0.25, 0.3) is 5.52 Å². The van der Waals surface area contributed by atoms with Gasteiger partial charge in [-0.1, -0.05) is 0 Å². The summed E-state index contributed by atoms with van der Waals surface area (Å²) in [4.78, 5) is 10.7. The zero-order chi connectivity index (χ0) is 10.3. The molecule has 0 amide bonds. The molecule has 0 unspecified atom stereocenters. The van der Waals surface area contributed by atoms with Crippen molar-refractivity contribution in [2.24, 2.45) is 0 Å². The third kappa shape index (κ3) is 1.24. The van der Waals surface area contributed by atoms with E-state index in [1.807, 2.05) is 0 Å². The first kappa shape index (κ1) is 9.01. The van der Waals surface area contributed by atoms with Crippen LogP contribution in [0.5, 0.6) is 5.75 Å². The number of carboxylic acid groups (broad SMARTS) is 1. The summed E-state index contributed by atoms with van der Waals surface area (Å²) in [7, 11) is 0. The van der Waals surface area contributed by atoms with E-state index in [0.29, 0.717) is 5.52 Å². The molecule has 0 radical (unpaired) electrons. The zero-order valence-corrected chi connectivity index (χ0v) is 8.39. The van der Waals surface area contributed by atoms with Crippen LogP contribution in [-0.2, 0) is 0 Å². The summed E-state index contributed by atoms with van der Waals surface area (Å²) in [5.41, 5.74) is 0.153. The van der Waals surface area contributed by atoms with Crippen molar-refractivity contribution in [1.29, 1.82) is 0 Å². The van der Waals surface area contributed by atoms with E-state index in [9.17, 15) is 9.90 Å². The monoisotopic (exact) mass is 256 g/mol. The molecule has 0 spiro atoms. The van der Waals surface area contributed by atoms with Crippen molar-refractivity contribution in [3.63, 3.8) is 0 Å². The molecule has 5 nitrogen and oxygen atoms in total. The average Bonchev–Trinajstić information content (AvgIpc) is 2.46. The highest BCUT2D eigenvalue weighted by atomic mass is 79.9. The maximum Gasteiger partial charge on any atom is 0.341 e. The highest BCUT2D eigenvalue weighted by molar-refractivity contribution is 9.10. The molecule has 0 saturated carbocycles. The average molecular weight is 257 g/mol. The lowest BCUT2D eigenvalue weighted by molar-refractivity contribution is 0.0693. The fourth-order valence-corrected chi connectivity index (χ4v) is 1.58. The molecule has 2 N–H and O–H groups in total. The number of aromatic hydroxyl groups is 1. The van der Waals surface area contributed by atoms with Gasteiger partial charge in [-0.05, 0) is 22.0 Å². The normalized spacial score (nSPS) is 10.6. The number of hydrogen-bond acceptors (Lipinski definition) is 3. The summed E-state index contributed by atoms with van der Waals surface area (Å²) in [5.74, 6) is -1.48. The Hall–Kier alpha value is -1.56. The quantitative estimate of drug-likeness (QED) is 0.811. The number of hydrogen-bond donors (Lipinski definition) is 2. The topological polar surface area (TPSA) is 74.8 Å². The standard InChI is InChI=1S/C8H5BrN2O3/c9-4-1-6-7(12)5(8(13)14)2-10-11(6)3-4/h1-3,12H,(H,13,14). The second kappa shape index (κ2) is 2.98. The van der Waals surface area contributed by atoms with Crippen LogP contribution in [-0.4, -0.2) is 25.8 Å². The van der Waals surface area contributed by atoms with Crippen molar-refractivity contribution in [2.45, 2.75) is 0 Å². The van der Waals surface area contributed by atoms with Crippen molar-refractivity contribution in [2.75, 3.05) is 0 Å². The van der Waals surface area contributed by atoms with Gasteiger partial charge in [-0.25, -0.2) is 9.31 Å². The molecule has 0 aliphatic carbocycles. The van der Waals surface area contributed by atoms with Crippen LogP contribution in [0.15, 0.2) is 22.9 Å².